The third kappa shape index (κ3) is 7.49. The van der Waals surface area contributed by atoms with Gasteiger partial charge in [-0.2, -0.15) is 0 Å². The number of para-hydroxylation sites is 7. The molecule has 424 valence electrons. The smallest absolute Gasteiger partial charge is 0.148 e. The van der Waals surface area contributed by atoms with Crippen molar-refractivity contribution in [2.24, 2.45) is 0 Å². The van der Waals surface area contributed by atoms with Gasteiger partial charge in [0.05, 0.1) is 120 Å². The van der Waals surface area contributed by atoms with Gasteiger partial charge in [-0.3, -0.25) is 24.5 Å². The summed E-state index contributed by atoms with van der Waals surface area (Å²) >= 11 is 0. The molecule has 10 aromatic heterocycles. The zero-order chi connectivity index (χ0) is 59.7. The van der Waals surface area contributed by atoms with Crippen molar-refractivity contribution < 1.29 is 0 Å². The van der Waals surface area contributed by atoms with Crippen LogP contribution in [0.5, 0.6) is 0 Å². The van der Waals surface area contributed by atoms with Gasteiger partial charge in [0.25, 0.3) is 0 Å². The second-order valence-electron chi connectivity index (χ2n) is 23.1. The highest BCUT2D eigenvalue weighted by atomic mass is 15.2. The van der Waals surface area contributed by atoms with Crippen LogP contribution in [0, 0.1) is 0 Å². The molecule has 0 saturated heterocycles. The molecule has 91 heavy (non-hydrogen) atoms. The van der Waals surface area contributed by atoms with Crippen molar-refractivity contribution in [2.75, 3.05) is 0 Å². The second-order valence-corrected chi connectivity index (χ2v) is 23.1. The SMILES string of the molecule is c1ccc(-c2cc(-c3c(-c4nc5ccccc5n4-c4ccccc4)c(-n4c5ccccc5c5ccncc54)c(-n4c5ccccc5c5ccncc54)c(-n4c5ccccc5c5ccncc54)c3-n3c4ccccc4c4ccncc43)cc(-c3ccccc3)n2)cc1. The lowest BCUT2D eigenvalue weighted by Crippen LogP contribution is -2.17. The minimum atomic E-state index is 0.710. The molecule has 0 bridgehead atoms. The minimum Gasteiger partial charge on any atom is -0.305 e. The van der Waals surface area contributed by atoms with Gasteiger partial charge in [0.2, 0.25) is 0 Å². The van der Waals surface area contributed by atoms with Crippen LogP contribution in [-0.4, -0.2) is 52.7 Å². The number of hydrogen-bond acceptors (Lipinski definition) is 6. The molecule has 11 heteroatoms. The summed E-state index contributed by atoms with van der Waals surface area (Å²) in [5.41, 5.74) is 19.9. The van der Waals surface area contributed by atoms with Gasteiger partial charge in [-0.1, -0.05) is 164 Å². The van der Waals surface area contributed by atoms with Gasteiger partial charge >= 0.3 is 0 Å². The molecule has 9 aromatic carbocycles. The Morgan fingerprint density at radius 2 is 0.560 bits per heavy atom. The zero-order valence-corrected chi connectivity index (χ0v) is 48.7. The van der Waals surface area contributed by atoms with Crippen LogP contribution in [0.3, 0.4) is 0 Å². The molecule has 10 heterocycles. The van der Waals surface area contributed by atoms with Crippen LogP contribution in [-0.2, 0) is 0 Å². The number of fused-ring (bicyclic) bond motifs is 13. The maximum Gasteiger partial charge on any atom is 0.148 e. The maximum atomic E-state index is 6.08. The van der Waals surface area contributed by atoms with Crippen LogP contribution in [0.2, 0.25) is 0 Å². The molecule has 0 aliphatic rings. The normalized spacial score (nSPS) is 12.0. The largest absolute Gasteiger partial charge is 0.305 e. The average Bonchev–Trinajstić information content (AvgIpc) is 1.61. The summed E-state index contributed by atoms with van der Waals surface area (Å²) in [4.78, 5) is 31.9. The summed E-state index contributed by atoms with van der Waals surface area (Å²) in [5.74, 6) is 0.710. The number of benzene rings is 9. The van der Waals surface area contributed by atoms with Crippen molar-refractivity contribution in [1.29, 1.82) is 0 Å². The van der Waals surface area contributed by atoms with Crippen molar-refractivity contribution in [3.63, 3.8) is 0 Å². The molecule has 0 saturated carbocycles. The Kier molecular flexibility index (Phi) is 11.1. The summed E-state index contributed by atoms with van der Waals surface area (Å²) in [6.07, 6.45) is 15.7. The highest BCUT2D eigenvalue weighted by molar-refractivity contribution is 6.18. The summed E-state index contributed by atoms with van der Waals surface area (Å²) < 4.78 is 12.3. The van der Waals surface area contributed by atoms with Crippen LogP contribution in [0.1, 0.15) is 0 Å². The molecule has 0 N–H and O–H groups in total. The molecule has 19 aromatic rings. The fraction of sp³-hybridized carbons (Fsp3) is 0. The quantitative estimate of drug-likeness (QED) is 0.143. The molecule has 0 amide bonds. The van der Waals surface area contributed by atoms with Crippen LogP contribution >= 0.6 is 0 Å². The lowest BCUT2D eigenvalue weighted by Gasteiger charge is -2.31. The van der Waals surface area contributed by atoms with Gasteiger partial charge in [0.1, 0.15) is 5.82 Å². The van der Waals surface area contributed by atoms with Crippen LogP contribution in [0.25, 0.3) is 172 Å². The number of hydrogen-bond donors (Lipinski definition) is 0. The van der Waals surface area contributed by atoms with Gasteiger partial charge in [0.15, 0.2) is 0 Å². The first kappa shape index (κ1) is 50.5. The molecular weight excluding hydrogens is 1110 g/mol. The maximum absolute atomic E-state index is 6.08. The van der Waals surface area contributed by atoms with Crippen molar-refractivity contribution in [1.82, 2.24) is 52.7 Å². The van der Waals surface area contributed by atoms with Crippen molar-refractivity contribution in [3.8, 4) is 73.5 Å². The van der Waals surface area contributed by atoms with E-state index >= 15 is 0 Å². The van der Waals surface area contributed by atoms with E-state index in [1.54, 1.807) is 0 Å². The van der Waals surface area contributed by atoms with Gasteiger partial charge in [-0.25, -0.2) is 9.97 Å². The Labute approximate surface area is 519 Å². The van der Waals surface area contributed by atoms with E-state index in [-0.39, 0.29) is 0 Å². The molecular formula is C80H49N11. The first-order chi connectivity index (χ1) is 45.2. The van der Waals surface area contributed by atoms with E-state index in [0.29, 0.717) is 5.82 Å². The highest BCUT2D eigenvalue weighted by Gasteiger charge is 2.38. The van der Waals surface area contributed by atoms with E-state index < -0.39 is 0 Å². The number of aromatic nitrogens is 11. The van der Waals surface area contributed by atoms with Crippen LogP contribution in [0.4, 0.5) is 0 Å². The Morgan fingerprint density at radius 3 is 0.978 bits per heavy atom. The topological polar surface area (TPSA) is 102 Å². The average molecular weight is 1160 g/mol. The van der Waals surface area contributed by atoms with Gasteiger partial charge in [-0.15, -0.1) is 0 Å². The first-order valence-electron chi connectivity index (χ1n) is 30.5. The van der Waals surface area contributed by atoms with E-state index in [4.69, 9.17) is 29.9 Å². The number of pyridine rings is 5. The molecule has 11 nitrogen and oxygen atoms in total. The van der Waals surface area contributed by atoms with Crippen molar-refractivity contribution >= 4 is 98.3 Å². The summed E-state index contributed by atoms with van der Waals surface area (Å²) in [7, 11) is 0. The van der Waals surface area contributed by atoms with E-state index in [1.807, 2.05) is 49.6 Å². The zero-order valence-electron chi connectivity index (χ0n) is 48.7. The minimum absolute atomic E-state index is 0.710. The fourth-order valence-electron chi connectivity index (χ4n) is 14.5. The molecule has 0 aliphatic heterocycles. The molecule has 0 radical (unpaired) electrons. The van der Waals surface area contributed by atoms with Gasteiger partial charge < -0.3 is 18.3 Å². The van der Waals surface area contributed by atoms with E-state index in [2.05, 4.69) is 272 Å². The predicted octanol–water partition coefficient (Wildman–Crippen LogP) is 19.1. The Hall–Kier alpha value is -12.6. The Bertz CT molecular complexity index is 5880. The lowest BCUT2D eigenvalue weighted by atomic mass is 9.90. The summed E-state index contributed by atoms with van der Waals surface area (Å²) in [6.45, 7) is 0. The third-order valence-corrected chi connectivity index (χ3v) is 18.2. The van der Waals surface area contributed by atoms with Crippen molar-refractivity contribution in [3.05, 3.63) is 298 Å². The molecule has 0 aliphatic carbocycles. The number of rotatable bonds is 9. The first-order valence-corrected chi connectivity index (χ1v) is 30.5. The van der Waals surface area contributed by atoms with Crippen LogP contribution in [0.15, 0.2) is 298 Å². The lowest BCUT2D eigenvalue weighted by molar-refractivity contribution is 1.01. The summed E-state index contributed by atoms with van der Waals surface area (Å²) in [5, 5.41) is 8.49. The number of imidazole rings is 1. The monoisotopic (exact) mass is 1160 g/mol. The fourth-order valence-corrected chi connectivity index (χ4v) is 14.5. The molecule has 0 fully saturated rings. The van der Waals surface area contributed by atoms with E-state index in [0.717, 1.165) is 166 Å². The molecule has 0 unspecified atom stereocenters. The second kappa shape index (κ2) is 20.0. The predicted molar refractivity (Wildman–Crippen MR) is 369 cm³/mol. The third-order valence-electron chi connectivity index (χ3n) is 18.2. The molecule has 0 spiro atoms. The summed E-state index contributed by atoms with van der Waals surface area (Å²) in [6, 6.07) is 88.6. The standard InChI is InChI=1S/C80H49N11/c1-4-20-50(21-5-1)63-44-52(45-64(85-63)51-22-6-2-7-23-51)74-75(80-86-62-30-14-19-35-69(62)87(80)53-24-8-3-9-25-53)77(89-66-32-16-11-27-55(66)59-37-41-82-47-71(59)89)79(91-68-34-18-13-29-57(68)61-39-43-84-49-73(61)91)78(90-67-33-17-12-28-56(67)60-38-42-83-48-72(60)90)76(74)88-65-31-15-10-26-54(65)58-36-40-81-46-70(58)88/h1-49H. The van der Waals surface area contributed by atoms with E-state index in [1.165, 1.54) is 0 Å². The van der Waals surface area contributed by atoms with Gasteiger partial charge in [-0.05, 0) is 90.5 Å². The molecule has 19 rings (SSSR count). The van der Waals surface area contributed by atoms with Crippen molar-refractivity contribution in [2.45, 2.75) is 0 Å². The Balaban J connectivity index is 1.21. The van der Waals surface area contributed by atoms with E-state index in [9.17, 15) is 0 Å². The Morgan fingerprint density at radius 1 is 0.231 bits per heavy atom. The highest BCUT2D eigenvalue weighted by Crippen LogP contribution is 2.55. The molecule has 0 atom stereocenters. The number of nitrogens with zero attached hydrogens (tertiary/aromatic N) is 11. The van der Waals surface area contributed by atoms with Crippen LogP contribution < -0.4 is 0 Å². The van der Waals surface area contributed by atoms with Gasteiger partial charge in [0, 0.05) is 90.3 Å².